The van der Waals surface area contributed by atoms with Crippen molar-refractivity contribution in [2.24, 2.45) is 0 Å². The van der Waals surface area contributed by atoms with Crippen LogP contribution in [0.3, 0.4) is 0 Å². The maximum atomic E-state index is 8.77. The van der Waals surface area contributed by atoms with Gasteiger partial charge in [-0.3, -0.25) is 0 Å². The third kappa shape index (κ3) is 2.56. The second-order valence-corrected chi connectivity index (χ2v) is 4.72. The number of hydrogen-bond acceptors (Lipinski definition) is 2. The van der Waals surface area contributed by atoms with Gasteiger partial charge in [-0.1, -0.05) is 45.0 Å². The summed E-state index contributed by atoms with van der Waals surface area (Å²) in [5, 5.41) is 8.77. The molecule has 14 heavy (non-hydrogen) atoms. The van der Waals surface area contributed by atoms with Crippen molar-refractivity contribution >= 4 is 0 Å². The van der Waals surface area contributed by atoms with Gasteiger partial charge in [-0.2, -0.15) is 5.48 Å². The number of hydrogen-bond donors (Lipinski definition) is 2. The first-order valence-electron chi connectivity index (χ1n) is 4.95. The van der Waals surface area contributed by atoms with Crippen LogP contribution in [0.5, 0.6) is 0 Å². The summed E-state index contributed by atoms with van der Waals surface area (Å²) in [6.45, 7) is 8.49. The van der Waals surface area contributed by atoms with Gasteiger partial charge in [0.05, 0.1) is 6.04 Å². The highest BCUT2D eigenvalue weighted by Crippen LogP contribution is 2.23. The molecule has 1 unspecified atom stereocenters. The molecule has 0 aliphatic heterocycles. The van der Waals surface area contributed by atoms with Crippen LogP contribution in [0.2, 0.25) is 0 Å². The maximum Gasteiger partial charge on any atom is 0.0540 e. The Morgan fingerprint density at radius 1 is 1.14 bits per heavy atom. The van der Waals surface area contributed by atoms with Gasteiger partial charge in [-0.15, -0.1) is 0 Å². The molecule has 2 nitrogen and oxygen atoms in total. The normalized spacial score (nSPS) is 14.1. The lowest BCUT2D eigenvalue weighted by atomic mass is 9.86. The van der Waals surface area contributed by atoms with Crippen LogP contribution in [0, 0.1) is 0 Å². The Hall–Kier alpha value is -0.860. The predicted octanol–water partition coefficient (Wildman–Crippen LogP) is 3.02. The standard InChI is InChI=1S/C12H19NO/c1-9(13-14)10-5-7-11(8-6-10)12(2,3)4/h5-9,13-14H,1-4H3. The fourth-order valence-corrected chi connectivity index (χ4v) is 1.35. The van der Waals surface area contributed by atoms with Crippen LogP contribution < -0.4 is 5.48 Å². The van der Waals surface area contributed by atoms with Crippen LogP contribution in [0.4, 0.5) is 0 Å². The van der Waals surface area contributed by atoms with Crippen molar-refractivity contribution in [3.63, 3.8) is 0 Å². The lowest BCUT2D eigenvalue weighted by molar-refractivity contribution is 0.133. The smallest absolute Gasteiger partial charge is 0.0540 e. The molecule has 0 aliphatic carbocycles. The molecule has 0 heterocycles. The number of nitrogens with one attached hydrogen (secondary N) is 1. The van der Waals surface area contributed by atoms with E-state index in [1.54, 1.807) is 0 Å². The molecule has 1 rings (SSSR count). The Balaban J connectivity index is 2.89. The lowest BCUT2D eigenvalue weighted by Gasteiger charge is -2.20. The van der Waals surface area contributed by atoms with E-state index in [0.717, 1.165) is 5.56 Å². The molecule has 0 aliphatic rings. The van der Waals surface area contributed by atoms with Crippen molar-refractivity contribution < 1.29 is 5.21 Å². The van der Waals surface area contributed by atoms with Crippen molar-refractivity contribution in [2.45, 2.75) is 39.2 Å². The Morgan fingerprint density at radius 2 is 1.64 bits per heavy atom. The molecule has 2 heteroatoms. The van der Waals surface area contributed by atoms with Crippen molar-refractivity contribution in [3.05, 3.63) is 35.4 Å². The van der Waals surface area contributed by atoms with Gasteiger partial charge in [0.2, 0.25) is 0 Å². The minimum Gasteiger partial charge on any atom is -0.316 e. The molecule has 1 aromatic rings. The zero-order chi connectivity index (χ0) is 10.8. The monoisotopic (exact) mass is 193 g/mol. The molecular formula is C12H19NO. The number of benzene rings is 1. The fraction of sp³-hybridized carbons (Fsp3) is 0.500. The van der Waals surface area contributed by atoms with Gasteiger partial charge in [-0.05, 0) is 23.5 Å². The first-order valence-corrected chi connectivity index (χ1v) is 4.95. The molecule has 1 aromatic carbocycles. The summed E-state index contributed by atoms with van der Waals surface area (Å²) in [7, 11) is 0. The van der Waals surface area contributed by atoms with E-state index in [-0.39, 0.29) is 11.5 Å². The van der Waals surface area contributed by atoms with Crippen LogP contribution in [0.15, 0.2) is 24.3 Å². The number of rotatable bonds is 2. The highest BCUT2D eigenvalue weighted by Gasteiger charge is 2.13. The van der Waals surface area contributed by atoms with Gasteiger partial charge >= 0.3 is 0 Å². The Kier molecular flexibility index (Phi) is 3.29. The first-order chi connectivity index (χ1) is 6.45. The maximum absolute atomic E-state index is 8.77. The molecular weight excluding hydrogens is 174 g/mol. The topological polar surface area (TPSA) is 32.3 Å². The lowest BCUT2D eigenvalue weighted by Crippen LogP contribution is -2.14. The van der Waals surface area contributed by atoms with E-state index in [1.807, 2.05) is 6.92 Å². The summed E-state index contributed by atoms with van der Waals surface area (Å²) in [5.74, 6) is 0. The average molecular weight is 193 g/mol. The third-order valence-electron chi connectivity index (χ3n) is 2.47. The van der Waals surface area contributed by atoms with E-state index in [9.17, 15) is 0 Å². The average Bonchev–Trinajstić information content (AvgIpc) is 2.15. The molecule has 0 bridgehead atoms. The predicted molar refractivity (Wildman–Crippen MR) is 58.5 cm³/mol. The first kappa shape index (κ1) is 11.2. The largest absolute Gasteiger partial charge is 0.316 e. The molecule has 2 N–H and O–H groups in total. The second-order valence-electron chi connectivity index (χ2n) is 4.72. The highest BCUT2D eigenvalue weighted by molar-refractivity contribution is 5.28. The molecule has 0 saturated heterocycles. The van der Waals surface area contributed by atoms with Gasteiger partial charge in [0.25, 0.3) is 0 Å². The fourth-order valence-electron chi connectivity index (χ4n) is 1.35. The molecule has 78 valence electrons. The summed E-state index contributed by atoms with van der Waals surface area (Å²) in [6.07, 6.45) is 0. The SMILES string of the molecule is CC(NO)c1ccc(C(C)(C)C)cc1. The van der Waals surface area contributed by atoms with Gasteiger partial charge in [0.15, 0.2) is 0 Å². The van der Waals surface area contributed by atoms with Crippen molar-refractivity contribution in [1.29, 1.82) is 0 Å². The quantitative estimate of drug-likeness (QED) is 0.708. The van der Waals surface area contributed by atoms with Crippen molar-refractivity contribution in [1.82, 2.24) is 5.48 Å². The second kappa shape index (κ2) is 4.11. The van der Waals surface area contributed by atoms with Crippen LogP contribution in [0.25, 0.3) is 0 Å². The Labute approximate surface area is 85.9 Å². The summed E-state index contributed by atoms with van der Waals surface area (Å²) in [4.78, 5) is 0. The summed E-state index contributed by atoms with van der Waals surface area (Å²) in [5.41, 5.74) is 4.84. The van der Waals surface area contributed by atoms with E-state index >= 15 is 0 Å². The van der Waals surface area contributed by atoms with Gasteiger partial charge in [0.1, 0.15) is 0 Å². The zero-order valence-corrected chi connectivity index (χ0v) is 9.33. The summed E-state index contributed by atoms with van der Waals surface area (Å²) >= 11 is 0. The van der Waals surface area contributed by atoms with Gasteiger partial charge in [-0.25, -0.2) is 0 Å². The highest BCUT2D eigenvalue weighted by atomic mass is 16.5. The molecule has 0 aromatic heterocycles. The minimum atomic E-state index is -0.0102. The van der Waals surface area contributed by atoms with Crippen LogP contribution in [-0.4, -0.2) is 5.21 Å². The molecule has 0 saturated carbocycles. The molecule has 0 fully saturated rings. The third-order valence-corrected chi connectivity index (χ3v) is 2.47. The van der Waals surface area contributed by atoms with Crippen LogP contribution in [-0.2, 0) is 5.41 Å². The molecule has 1 atom stereocenters. The van der Waals surface area contributed by atoms with Crippen LogP contribution >= 0.6 is 0 Å². The van der Waals surface area contributed by atoms with E-state index < -0.39 is 0 Å². The Bertz CT molecular complexity index is 284. The summed E-state index contributed by atoms with van der Waals surface area (Å²) < 4.78 is 0. The van der Waals surface area contributed by atoms with Crippen LogP contribution in [0.1, 0.15) is 44.9 Å². The van der Waals surface area contributed by atoms with E-state index in [4.69, 9.17) is 5.21 Å². The van der Waals surface area contributed by atoms with E-state index in [1.165, 1.54) is 5.56 Å². The van der Waals surface area contributed by atoms with Gasteiger partial charge in [0, 0.05) is 0 Å². The van der Waals surface area contributed by atoms with E-state index in [0.29, 0.717) is 0 Å². The van der Waals surface area contributed by atoms with Crippen molar-refractivity contribution in [3.8, 4) is 0 Å². The Morgan fingerprint density at radius 3 is 2.00 bits per heavy atom. The molecule has 0 spiro atoms. The number of hydroxylamine groups is 1. The zero-order valence-electron chi connectivity index (χ0n) is 9.33. The minimum absolute atomic E-state index is 0.0102. The van der Waals surface area contributed by atoms with Crippen molar-refractivity contribution in [2.75, 3.05) is 0 Å². The van der Waals surface area contributed by atoms with E-state index in [2.05, 4.69) is 50.5 Å². The molecule has 0 radical (unpaired) electrons. The summed E-state index contributed by atoms with van der Waals surface area (Å²) in [6, 6.07) is 8.32. The molecule has 0 amide bonds. The van der Waals surface area contributed by atoms with Gasteiger partial charge < -0.3 is 5.21 Å².